The summed E-state index contributed by atoms with van der Waals surface area (Å²) in [6, 6.07) is 18.6. The highest BCUT2D eigenvalue weighted by Crippen LogP contribution is 2.27. The minimum absolute atomic E-state index is 0. The number of pyridine rings is 1. The third kappa shape index (κ3) is 6.53. The van der Waals surface area contributed by atoms with Crippen molar-refractivity contribution in [1.29, 1.82) is 0 Å². The molecule has 1 saturated heterocycles. The Labute approximate surface area is 214 Å². The van der Waals surface area contributed by atoms with Gasteiger partial charge in [0.05, 0.1) is 5.52 Å². The molecule has 2 aromatic carbocycles. The number of hydrogen-bond acceptors (Lipinski definition) is 4. The third-order valence-electron chi connectivity index (χ3n) is 6.18. The summed E-state index contributed by atoms with van der Waals surface area (Å²) in [5.41, 5.74) is 5.32. The number of aromatic nitrogens is 1. The van der Waals surface area contributed by atoms with E-state index in [0.29, 0.717) is 6.54 Å². The number of piperazine rings is 1. The van der Waals surface area contributed by atoms with E-state index in [2.05, 4.69) is 51.2 Å². The summed E-state index contributed by atoms with van der Waals surface area (Å²) in [4.78, 5) is 22.6. The number of benzene rings is 2. The normalized spacial score (nSPS) is 13.8. The highest BCUT2D eigenvalue weighted by molar-refractivity contribution is 5.92. The Hall–Kier alpha value is -2.54. The van der Waals surface area contributed by atoms with Crippen molar-refractivity contribution < 1.29 is 9.90 Å². The second-order valence-corrected chi connectivity index (χ2v) is 8.48. The molecule has 34 heavy (non-hydrogen) atoms. The second-order valence-electron chi connectivity index (χ2n) is 8.48. The first kappa shape index (κ1) is 27.7. The molecule has 1 aliphatic heterocycles. The number of rotatable bonds is 7. The molecule has 184 valence electrons. The quantitative estimate of drug-likeness (QED) is 0.450. The number of amides is 1. The number of nitrogens with zero attached hydrogens (tertiary/aromatic N) is 4. The lowest BCUT2D eigenvalue weighted by molar-refractivity contribution is 0.202. The van der Waals surface area contributed by atoms with Gasteiger partial charge in [-0.15, -0.1) is 24.8 Å². The standard InChI is InChI=1S/C26H32N4O2.2ClH/c1-3-13-30(26(31)32)22-7-4-6-21(19-22)12-14-28-15-17-29(18-16-28)25-9-5-8-24-23(25)11-10-20(2)27-24;;/h4-11,19H,3,12-18H2,1-2H3,(H,31,32);2*1H. The van der Waals surface area contributed by atoms with Gasteiger partial charge in [0, 0.05) is 61.7 Å². The second kappa shape index (κ2) is 12.8. The van der Waals surface area contributed by atoms with Crippen molar-refractivity contribution in [3.05, 3.63) is 65.9 Å². The summed E-state index contributed by atoms with van der Waals surface area (Å²) in [7, 11) is 0. The van der Waals surface area contributed by atoms with Gasteiger partial charge in [-0.25, -0.2) is 4.79 Å². The van der Waals surface area contributed by atoms with Crippen LogP contribution in [-0.4, -0.2) is 60.4 Å². The number of aryl methyl sites for hydroxylation is 1. The summed E-state index contributed by atoms with van der Waals surface area (Å²) < 4.78 is 0. The molecule has 4 rings (SSSR count). The van der Waals surface area contributed by atoms with E-state index in [1.807, 2.05) is 32.0 Å². The first-order valence-corrected chi connectivity index (χ1v) is 11.5. The average Bonchev–Trinajstić information content (AvgIpc) is 2.81. The molecule has 1 amide bonds. The molecule has 3 aromatic rings. The van der Waals surface area contributed by atoms with Crippen LogP contribution >= 0.6 is 24.8 Å². The van der Waals surface area contributed by atoms with Gasteiger partial charge in [0.25, 0.3) is 0 Å². The monoisotopic (exact) mass is 504 g/mol. The van der Waals surface area contributed by atoms with E-state index in [1.54, 1.807) is 0 Å². The van der Waals surface area contributed by atoms with Crippen LogP contribution in [0.2, 0.25) is 0 Å². The zero-order valence-electron chi connectivity index (χ0n) is 19.8. The average molecular weight is 505 g/mol. The first-order chi connectivity index (χ1) is 15.5. The van der Waals surface area contributed by atoms with E-state index in [4.69, 9.17) is 0 Å². The number of anilines is 2. The highest BCUT2D eigenvalue weighted by atomic mass is 35.5. The van der Waals surface area contributed by atoms with Crippen LogP contribution in [0.4, 0.5) is 16.2 Å². The van der Waals surface area contributed by atoms with E-state index >= 15 is 0 Å². The maximum absolute atomic E-state index is 11.6. The van der Waals surface area contributed by atoms with Crippen molar-refractivity contribution in [3.63, 3.8) is 0 Å². The predicted molar refractivity (Wildman–Crippen MR) is 145 cm³/mol. The Morgan fingerprint density at radius 3 is 2.47 bits per heavy atom. The van der Waals surface area contributed by atoms with Crippen LogP contribution in [-0.2, 0) is 6.42 Å². The molecule has 0 spiro atoms. The Morgan fingerprint density at radius 1 is 1.03 bits per heavy atom. The van der Waals surface area contributed by atoms with Crippen molar-refractivity contribution in [1.82, 2.24) is 9.88 Å². The van der Waals surface area contributed by atoms with E-state index in [0.717, 1.165) is 62.5 Å². The van der Waals surface area contributed by atoms with Crippen molar-refractivity contribution in [2.45, 2.75) is 26.7 Å². The van der Waals surface area contributed by atoms with Crippen LogP contribution < -0.4 is 9.80 Å². The summed E-state index contributed by atoms with van der Waals surface area (Å²) >= 11 is 0. The molecule has 0 bridgehead atoms. The van der Waals surface area contributed by atoms with Crippen LogP contribution in [0.25, 0.3) is 10.9 Å². The molecule has 1 aliphatic rings. The summed E-state index contributed by atoms with van der Waals surface area (Å²) in [6.07, 6.45) is 0.830. The maximum atomic E-state index is 11.6. The smallest absolute Gasteiger partial charge is 0.411 e. The van der Waals surface area contributed by atoms with Gasteiger partial charge in [-0.2, -0.15) is 0 Å². The summed E-state index contributed by atoms with van der Waals surface area (Å²) in [5.74, 6) is 0. The molecule has 1 N–H and O–H groups in total. The van der Waals surface area contributed by atoms with Crippen LogP contribution in [0.3, 0.4) is 0 Å². The topological polar surface area (TPSA) is 59.9 Å². The Kier molecular flexibility index (Phi) is 10.4. The van der Waals surface area contributed by atoms with Crippen LogP contribution in [0.5, 0.6) is 0 Å². The fourth-order valence-electron chi connectivity index (χ4n) is 4.45. The van der Waals surface area contributed by atoms with E-state index in [9.17, 15) is 9.90 Å². The zero-order chi connectivity index (χ0) is 22.5. The first-order valence-electron chi connectivity index (χ1n) is 11.5. The van der Waals surface area contributed by atoms with Gasteiger partial charge < -0.3 is 10.0 Å². The van der Waals surface area contributed by atoms with Gasteiger partial charge in [0.15, 0.2) is 0 Å². The molecule has 1 fully saturated rings. The lowest BCUT2D eigenvalue weighted by Gasteiger charge is -2.36. The molecule has 0 aliphatic carbocycles. The largest absolute Gasteiger partial charge is 0.465 e. The highest BCUT2D eigenvalue weighted by Gasteiger charge is 2.19. The molecular formula is C26H34Cl2N4O2. The molecule has 0 radical (unpaired) electrons. The van der Waals surface area contributed by atoms with Gasteiger partial charge in [0.1, 0.15) is 0 Å². The number of carboxylic acid groups (broad SMARTS) is 1. The Balaban J connectivity index is 0.00000204. The molecule has 2 heterocycles. The summed E-state index contributed by atoms with van der Waals surface area (Å²) in [6.45, 7) is 9.56. The molecule has 0 saturated carbocycles. The number of halogens is 2. The van der Waals surface area contributed by atoms with Crippen molar-refractivity contribution in [3.8, 4) is 0 Å². The lowest BCUT2D eigenvalue weighted by atomic mass is 10.1. The summed E-state index contributed by atoms with van der Waals surface area (Å²) in [5, 5.41) is 10.7. The molecule has 8 heteroatoms. The van der Waals surface area contributed by atoms with Crippen LogP contribution in [0.1, 0.15) is 24.6 Å². The minimum atomic E-state index is -0.890. The predicted octanol–water partition coefficient (Wildman–Crippen LogP) is 5.65. The molecule has 0 unspecified atom stereocenters. The fourth-order valence-corrected chi connectivity index (χ4v) is 4.45. The molecule has 6 nitrogen and oxygen atoms in total. The van der Waals surface area contributed by atoms with Crippen LogP contribution in [0.15, 0.2) is 54.6 Å². The minimum Gasteiger partial charge on any atom is -0.465 e. The maximum Gasteiger partial charge on any atom is 0.411 e. The van der Waals surface area contributed by atoms with Crippen molar-refractivity contribution in [2.24, 2.45) is 0 Å². The molecular weight excluding hydrogens is 471 g/mol. The Bertz CT molecular complexity index is 1090. The van der Waals surface area contributed by atoms with E-state index < -0.39 is 6.09 Å². The SMILES string of the molecule is CCCN(C(=O)O)c1cccc(CCN2CCN(c3cccc4nc(C)ccc34)CC2)c1.Cl.Cl. The van der Waals surface area contributed by atoms with Gasteiger partial charge in [-0.1, -0.05) is 25.1 Å². The number of fused-ring (bicyclic) bond motifs is 1. The fraction of sp³-hybridized carbons (Fsp3) is 0.385. The number of carbonyl (C=O) groups is 1. The molecule has 0 atom stereocenters. The van der Waals surface area contributed by atoms with E-state index in [-0.39, 0.29) is 24.8 Å². The van der Waals surface area contributed by atoms with E-state index in [1.165, 1.54) is 21.5 Å². The van der Waals surface area contributed by atoms with Crippen LogP contribution in [0, 0.1) is 6.92 Å². The van der Waals surface area contributed by atoms with Crippen molar-refractivity contribution in [2.75, 3.05) is 49.1 Å². The lowest BCUT2D eigenvalue weighted by Crippen LogP contribution is -2.47. The van der Waals surface area contributed by atoms with Gasteiger partial charge >= 0.3 is 6.09 Å². The third-order valence-corrected chi connectivity index (χ3v) is 6.18. The zero-order valence-corrected chi connectivity index (χ0v) is 21.4. The number of hydrogen-bond donors (Lipinski definition) is 1. The Morgan fingerprint density at radius 2 is 1.76 bits per heavy atom. The van der Waals surface area contributed by atoms with Crippen molar-refractivity contribution >= 4 is 53.2 Å². The van der Waals surface area contributed by atoms with Gasteiger partial charge in [-0.05, 0) is 61.7 Å². The van der Waals surface area contributed by atoms with Gasteiger partial charge in [-0.3, -0.25) is 14.8 Å². The van der Waals surface area contributed by atoms with Gasteiger partial charge in [0.2, 0.25) is 0 Å². The molecule has 1 aromatic heterocycles.